The van der Waals surface area contributed by atoms with Gasteiger partial charge in [0.1, 0.15) is 12.1 Å². The van der Waals surface area contributed by atoms with E-state index in [1.165, 1.54) is 7.11 Å². The number of hydrogen-bond donors (Lipinski definition) is 2. The highest BCUT2D eigenvalue weighted by molar-refractivity contribution is 7.16. The molecule has 0 saturated carbocycles. The molecule has 1 unspecified atom stereocenters. The lowest BCUT2D eigenvalue weighted by Crippen LogP contribution is -2.47. The van der Waals surface area contributed by atoms with E-state index in [2.05, 4.69) is 15.6 Å². The maximum Gasteiger partial charge on any atom is 0.328 e. The van der Waals surface area contributed by atoms with Crippen molar-refractivity contribution in [2.45, 2.75) is 45.2 Å². The molecule has 0 spiro atoms. The van der Waals surface area contributed by atoms with Gasteiger partial charge in [0.2, 0.25) is 5.91 Å². The quantitative estimate of drug-likeness (QED) is 0.716. The Bertz CT molecular complexity index is 701. The van der Waals surface area contributed by atoms with Gasteiger partial charge in [-0.3, -0.25) is 4.79 Å². The van der Waals surface area contributed by atoms with E-state index in [1.807, 2.05) is 25.1 Å². The van der Waals surface area contributed by atoms with Crippen LogP contribution in [0.3, 0.4) is 0 Å². The van der Waals surface area contributed by atoms with Crippen molar-refractivity contribution in [3.63, 3.8) is 0 Å². The third-order valence-electron chi connectivity index (χ3n) is 3.76. The number of methoxy groups -OCH3 is 1. The Morgan fingerprint density at radius 1 is 1.38 bits per heavy atom. The first-order valence-electron chi connectivity index (χ1n) is 8.03. The molecular formula is C17H23N3O3S. The Labute approximate surface area is 145 Å². The van der Waals surface area contributed by atoms with Crippen LogP contribution < -0.4 is 10.6 Å². The second kappa shape index (κ2) is 8.63. The SMILES string of the molecule is CCCCC(NC(=O)[C@H](C)Nc1ccc2ncsc2c1)C(=O)OC. The van der Waals surface area contributed by atoms with Crippen LogP contribution in [0.1, 0.15) is 33.1 Å². The molecule has 0 radical (unpaired) electrons. The maximum absolute atomic E-state index is 12.4. The molecule has 2 aromatic rings. The number of esters is 1. The fraction of sp³-hybridized carbons (Fsp3) is 0.471. The summed E-state index contributed by atoms with van der Waals surface area (Å²) in [6.45, 7) is 3.80. The molecule has 0 bridgehead atoms. The number of aromatic nitrogens is 1. The molecule has 0 aliphatic carbocycles. The predicted molar refractivity (Wildman–Crippen MR) is 96.2 cm³/mol. The molecule has 0 saturated heterocycles. The van der Waals surface area contributed by atoms with E-state index in [9.17, 15) is 9.59 Å². The third-order valence-corrected chi connectivity index (χ3v) is 4.55. The van der Waals surface area contributed by atoms with Crippen LogP contribution in [0.25, 0.3) is 10.2 Å². The van der Waals surface area contributed by atoms with Crippen molar-refractivity contribution in [2.75, 3.05) is 12.4 Å². The van der Waals surface area contributed by atoms with Gasteiger partial charge in [-0.15, -0.1) is 11.3 Å². The Hall–Kier alpha value is -2.15. The number of carbonyl (C=O) groups excluding carboxylic acids is 2. The largest absolute Gasteiger partial charge is 0.467 e. The average molecular weight is 349 g/mol. The van der Waals surface area contributed by atoms with Gasteiger partial charge in [-0.05, 0) is 31.5 Å². The molecule has 1 heterocycles. The lowest BCUT2D eigenvalue weighted by Gasteiger charge is -2.20. The number of unbranched alkanes of at least 4 members (excludes halogenated alkanes) is 1. The highest BCUT2D eigenvalue weighted by atomic mass is 32.1. The average Bonchev–Trinajstić information content (AvgIpc) is 3.05. The highest BCUT2D eigenvalue weighted by Crippen LogP contribution is 2.22. The van der Waals surface area contributed by atoms with Crippen LogP contribution in [-0.2, 0) is 14.3 Å². The van der Waals surface area contributed by atoms with Gasteiger partial charge in [-0.2, -0.15) is 0 Å². The molecule has 0 fully saturated rings. The van der Waals surface area contributed by atoms with E-state index in [0.29, 0.717) is 6.42 Å². The Morgan fingerprint density at radius 3 is 2.88 bits per heavy atom. The van der Waals surface area contributed by atoms with Crippen molar-refractivity contribution in [3.05, 3.63) is 23.7 Å². The number of ether oxygens (including phenoxy) is 1. The van der Waals surface area contributed by atoms with Gasteiger partial charge in [0.15, 0.2) is 0 Å². The molecule has 1 amide bonds. The van der Waals surface area contributed by atoms with Crippen LogP contribution in [-0.4, -0.2) is 36.1 Å². The van der Waals surface area contributed by atoms with Crippen molar-refractivity contribution in [1.82, 2.24) is 10.3 Å². The van der Waals surface area contributed by atoms with Crippen molar-refractivity contribution < 1.29 is 14.3 Å². The van der Waals surface area contributed by atoms with Gasteiger partial charge < -0.3 is 15.4 Å². The van der Waals surface area contributed by atoms with Crippen LogP contribution in [0.4, 0.5) is 5.69 Å². The second-order valence-electron chi connectivity index (χ2n) is 5.63. The second-order valence-corrected chi connectivity index (χ2v) is 6.51. The lowest BCUT2D eigenvalue weighted by molar-refractivity contribution is -0.145. The monoisotopic (exact) mass is 349 g/mol. The van der Waals surface area contributed by atoms with Gasteiger partial charge in [0.25, 0.3) is 0 Å². The molecular weight excluding hydrogens is 326 g/mol. The van der Waals surface area contributed by atoms with E-state index in [4.69, 9.17) is 4.74 Å². The van der Waals surface area contributed by atoms with Crippen LogP contribution in [0.5, 0.6) is 0 Å². The van der Waals surface area contributed by atoms with Crippen LogP contribution in [0, 0.1) is 0 Å². The smallest absolute Gasteiger partial charge is 0.328 e. The van der Waals surface area contributed by atoms with Crippen molar-refractivity contribution in [3.8, 4) is 0 Å². The normalized spacial score (nSPS) is 13.3. The number of amides is 1. The van der Waals surface area contributed by atoms with Crippen molar-refractivity contribution in [2.24, 2.45) is 0 Å². The number of nitrogens with one attached hydrogen (secondary N) is 2. The standard InChI is InChI=1S/C17H23N3O3S/c1-4-5-6-14(17(22)23-3)20-16(21)11(2)19-12-7-8-13-15(9-12)24-10-18-13/h7-11,14,19H,4-6H2,1-3H3,(H,20,21)/t11-,14?/m0/s1. The zero-order chi connectivity index (χ0) is 17.5. The van der Waals surface area contributed by atoms with Gasteiger partial charge in [-0.25, -0.2) is 9.78 Å². The summed E-state index contributed by atoms with van der Waals surface area (Å²) < 4.78 is 5.83. The summed E-state index contributed by atoms with van der Waals surface area (Å²) in [5.74, 6) is -0.638. The zero-order valence-electron chi connectivity index (χ0n) is 14.2. The first-order chi connectivity index (χ1) is 11.5. The van der Waals surface area contributed by atoms with Crippen LogP contribution in [0.2, 0.25) is 0 Å². The summed E-state index contributed by atoms with van der Waals surface area (Å²) >= 11 is 1.55. The summed E-state index contributed by atoms with van der Waals surface area (Å²) in [7, 11) is 1.33. The van der Waals surface area contributed by atoms with Crippen LogP contribution in [0.15, 0.2) is 23.7 Å². The summed E-state index contributed by atoms with van der Waals surface area (Å²) in [6, 6.07) is 4.70. The van der Waals surface area contributed by atoms with Gasteiger partial charge in [-0.1, -0.05) is 19.8 Å². The zero-order valence-corrected chi connectivity index (χ0v) is 15.0. The van der Waals surface area contributed by atoms with Crippen LogP contribution >= 0.6 is 11.3 Å². The van der Waals surface area contributed by atoms with Crippen molar-refractivity contribution >= 4 is 39.1 Å². The third kappa shape index (κ3) is 4.67. The maximum atomic E-state index is 12.4. The van der Waals surface area contributed by atoms with Gasteiger partial charge >= 0.3 is 5.97 Å². The number of thiazole rings is 1. The number of rotatable bonds is 8. The molecule has 6 nitrogen and oxygen atoms in total. The Morgan fingerprint density at radius 2 is 2.17 bits per heavy atom. The molecule has 7 heteroatoms. The molecule has 0 aliphatic heterocycles. The molecule has 2 N–H and O–H groups in total. The summed E-state index contributed by atoms with van der Waals surface area (Å²) in [5.41, 5.74) is 3.57. The minimum Gasteiger partial charge on any atom is -0.467 e. The molecule has 2 atom stereocenters. The van der Waals surface area contributed by atoms with Gasteiger partial charge in [0, 0.05) is 5.69 Å². The number of hydrogen-bond acceptors (Lipinski definition) is 6. The molecule has 24 heavy (non-hydrogen) atoms. The minimum atomic E-state index is -0.601. The topological polar surface area (TPSA) is 80.3 Å². The molecule has 0 aliphatic rings. The number of nitrogens with zero attached hydrogens (tertiary/aromatic N) is 1. The highest BCUT2D eigenvalue weighted by Gasteiger charge is 2.23. The first-order valence-corrected chi connectivity index (χ1v) is 8.91. The summed E-state index contributed by atoms with van der Waals surface area (Å²) in [4.78, 5) is 28.4. The fourth-order valence-corrected chi connectivity index (χ4v) is 3.07. The molecule has 1 aromatic heterocycles. The fourth-order valence-electron chi connectivity index (χ4n) is 2.36. The minimum absolute atomic E-state index is 0.231. The first kappa shape index (κ1) is 18.2. The van der Waals surface area contributed by atoms with Crippen molar-refractivity contribution in [1.29, 1.82) is 0 Å². The van der Waals surface area contributed by atoms with E-state index >= 15 is 0 Å². The van der Waals surface area contributed by atoms with E-state index in [-0.39, 0.29) is 5.91 Å². The number of benzene rings is 1. The molecule has 1 aromatic carbocycles. The summed E-state index contributed by atoms with van der Waals surface area (Å²) in [6.07, 6.45) is 2.38. The molecule has 130 valence electrons. The van der Waals surface area contributed by atoms with E-state index in [1.54, 1.807) is 23.8 Å². The van der Waals surface area contributed by atoms with E-state index < -0.39 is 18.1 Å². The predicted octanol–water partition coefficient (Wildman–Crippen LogP) is 2.94. The Balaban J connectivity index is 1.97. The number of carbonyl (C=O) groups is 2. The number of anilines is 1. The van der Waals surface area contributed by atoms with Gasteiger partial charge in [0.05, 0.1) is 22.8 Å². The summed E-state index contributed by atoms with van der Waals surface area (Å²) in [5, 5.41) is 5.93. The number of fused-ring (bicyclic) bond motifs is 1. The van der Waals surface area contributed by atoms with E-state index in [0.717, 1.165) is 28.7 Å². The Kier molecular flexibility index (Phi) is 6.54. The lowest BCUT2D eigenvalue weighted by atomic mass is 10.1. The molecule has 2 rings (SSSR count).